The van der Waals surface area contributed by atoms with Crippen LogP contribution in [-0.2, 0) is 5.41 Å². The first-order valence-corrected chi connectivity index (χ1v) is 8.66. The number of amides is 1. The lowest BCUT2D eigenvalue weighted by atomic mass is 9.92. The van der Waals surface area contributed by atoms with Crippen LogP contribution in [0.15, 0.2) is 48.7 Å². The molecule has 0 aliphatic heterocycles. The molecule has 0 radical (unpaired) electrons. The number of anilines is 1. The lowest BCUT2D eigenvalue weighted by Crippen LogP contribution is -2.16. The molecule has 5 heteroatoms. The van der Waals surface area contributed by atoms with Gasteiger partial charge in [-0.3, -0.25) is 4.79 Å². The van der Waals surface area contributed by atoms with Crippen molar-refractivity contribution in [2.75, 3.05) is 5.32 Å². The van der Waals surface area contributed by atoms with Crippen molar-refractivity contribution in [2.24, 2.45) is 0 Å². The van der Waals surface area contributed by atoms with Crippen LogP contribution in [0.1, 0.15) is 48.0 Å². The van der Waals surface area contributed by atoms with Gasteiger partial charge in [-0.05, 0) is 37.6 Å². The van der Waals surface area contributed by atoms with Gasteiger partial charge in [0.25, 0.3) is 5.91 Å². The van der Waals surface area contributed by atoms with Gasteiger partial charge in [-0.15, -0.1) is 0 Å². The molecular formula is C21H24N4O. The highest BCUT2D eigenvalue weighted by Gasteiger charge is 2.22. The summed E-state index contributed by atoms with van der Waals surface area (Å²) in [6.45, 7) is 10.2. The molecule has 0 saturated carbocycles. The molecule has 0 unspecified atom stereocenters. The molecule has 0 fully saturated rings. The maximum absolute atomic E-state index is 12.8. The van der Waals surface area contributed by atoms with E-state index >= 15 is 0 Å². The molecule has 5 nitrogen and oxygen atoms in total. The molecule has 2 aromatic heterocycles. The van der Waals surface area contributed by atoms with Crippen LogP contribution < -0.4 is 5.32 Å². The zero-order chi connectivity index (χ0) is 18.9. The van der Waals surface area contributed by atoms with Crippen LogP contribution in [0, 0.1) is 13.8 Å². The van der Waals surface area contributed by atoms with Crippen molar-refractivity contribution in [3.63, 3.8) is 0 Å². The van der Waals surface area contributed by atoms with Crippen molar-refractivity contribution in [3.05, 3.63) is 71.0 Å². The summed E-state index contributed by atoms with van der Waals surface area (Å²) < 4.78 is 1.68. The Labute approximate surface area is 154 Å². The number of nitrogens with zero attached hydrogens (tertiary/aromatic N) is 3. The van der Waals surface area contributed by atoms with Crippen LogP contribution in [-0.4, -0.2) is 20.7 Å². The highest BCUT2D eigenvalue weighted by atomic mass is 16.1. The standard InChI is InChI=1S/C21H24N4O/c1-14-9-10-16(15(2)12-14)20(26)23-19-13-17(21(3,4)5)24-25(19)18-8-6-7-11-22-18/h6-13H,1-5H3,(H,23,26). The van der Waals surface area contributed by atoms with Crippen LogP contribution in [0.2, 0.25) is 0 Å². The Kier molecular flexibility index (Phi) is 4.64. The summed E-state index contributed by atoms with van der Waals surface area (Å²) in [5, 5.41) is 7.67. The molecule has 0 bridgehead atoms. The third-order valence-corrected chi connectivity index (χ3v) is 4.21. The molecule has 134 valence electrons. The van der Waals surface area contributed by atoms with Gasteiger partial charge in [0.05, 0.1) is 5.69 Å². The number of aryl methyl sites for hydroxylation is 2. The molecule has 1 N–H and O–H groups in total. The molecule has 0 atom stereocenters. The van der Waals surface area contributed by atoms with Crippen molar-refractivity contribution in [1.29, 1.82) is 0 Å². The molecule has 1 amide bonds. The molecule has 0 aliphatic rings. The Morgan fingerprint density at radius 2 is 1.85 bits per heavy atom. The van der Waals surface area contributed by atoms with Crippen LogP contribution in [0.5, 0.6) is 0 Å². The van der Waals surface area contributed by atoms with Gasteiger partial charge >= 0.3 is 0 Å². The molecule has 3 rings (SSSR count). The van der Waals surface area contributed by atoms with Gasteiger partial charge in [-0.25, -0.2) is 4.98 Å². The van der Waals surface area contributed by atoms with Crippen LogP contribution >= 0.6 is 0 Å². The average molecular weight is 348 g/mol. The zero-order valence-corrected chi connectivity index (χ0v) is 15.9. The molecular weight excluding hydrogens is 324 g/mol. The van der Waals surface area contributed by atoms with Gasteiger partial charge < -0.3 is 5.32 Å². The summed E-state index contributed by atoms with van der Waals surface area (Å²) in [6, 6.07) is 13.3. The maximum Gasteiger partial charge on any atom is 0.257 e. The van der Waals surface area contributed by atoms with Gasteiger partial charge in [-0.1, -0.05) is 44.5 Å². The number of pyridine rings is 1. The molecule has 0 spiro atoms. The quantitative estimate of drug-likeness (QED) is 0.761. The lowest BCUT2D eigenvalue weighted by molar-refractivity contribution is 0.102. The minimum absolute atomic E-state index is 0.140. The minimum atomic E-state index is -0.153. The van der Waals surface area contributed by atoms with E-state index in [-0.39, 0.29) is 11.3 Å². The van der Waals surface area contributed by atoms with Crippen LogP contribution in [0.3, 0.4) is 0 Å². The van der Waals surface area contributed by atoms with Crippen LogP contribution in [0.25, 0.3) is 5.82 Å². The van der Waals surface area contributed by atoms with E-state index in [1.54, 1.807) is 10.9 Å². The number of rotatable bonds is 3. The Bertz CT molecular complexity index is 936. The fraction of sp³-hybridized carbons (Fsp3) is 0.286. The summed E-state index contributed by atoms with van der Waals surface area (Å²) in [5.74, 6) is 1.12. The minimum Gasteiger partial charge on any atom is -0.306 e. The summed E-state index contributed by atoms with van der Waals surface area (Å²) >= 11 is 0. The van der Waals surface area contributed by atoms with E-state index in [4.69, 9.17) is 0 Å². The van der Waals surface area contributed by atoms with Crippen molar-refractivity contribution < 1.29 is 4.79 Å². The fourth-order valence-electron chi connectivity index (χ4n) is 2.74. The van der Waals surface area contributed by atoms with Gasteiger partial charge in [0, 0.05) is 23.2 Å². The largest absolute Gasteiger partial charge is 0.306 e. The first kappa shape index (κ1) is 17.9. The van der Waals surface area contributed by atoms with Crippen molar-refractivity contribution in [1.82, 2.24) is 14.8 Å². The van der Waals surface area contributed by atoms with E-state index in [9.17, 15) is 4.79 Å². The molecule has 2 heterocycles. The average Bonchev–Trinajstić information content (AvgIpc) is 2.99. The smallest absolute Gasteiger partial charge is 0.257 e. The van der Waals surface area contributed by atoms with Gasteiger partial charge in [0.2, 0.25) is 0 Å². The highest BCUT2D eigenvalue weighted by molar-refractivity contribution is 6.05. The van der Waals surface area contributed by atoms with E-state index < -0.39 is 0 Å². The number of benzene rings is 1. The first-order valence-electron chi connectivity index (χ1n) is 8.66. The SMILES string of the molecule is Cc1ccc(C(=O)Nc2cc(C(C)(C)C)nn2-c2ccccn2)c(C)c1. The Morgan fingerprint density at radius 1 is 1.08 bits per heavy atom. The van der Waals surface area contributed by atoms with Crippen molar-refractivity contribution >= 4 is 11.7 Å². The van der Waals surface area contributed by atoms with E-state index in [0.717, 1.165) is 16.8 Å². The number of carbonyl (C=O) groups excluding carboxylic acids is 1. The summed E-state index contributed by atoms with van der Waals surface area (Å²) in [4.78, 5) is 17.2. The predicted octanol–water partition coefficient (Wildman–Crippen LogP) is 4.43. The number of carbonyl (C=O) groups is 1. The maximum atomic E-state index is 12.8. The fourth-order valence-corrected chi connectivity index (χ4v) is 2.74. The molecule has 0 saturated heterocycles. The topological polar surface area (TPSA) is 59.8 Å². The monoisotopic (exact) mass is 348 g/mol. The number of hydrogen-bond donors (Lipinski definition) is 1. The summed E-state index contributed by atoms with van der Waals surface area (Å²) in [5.41, 5.74) is 3.48. The van der Waals surface area contributed by atoms with E-state index in [0.29, 0.717) is 17.2 Å². The zero-order valence-electron chi connectivity index (χ0n) is 15.9. The molecule has 26 heavy (non-hydrogen) atoms. The van der Waals surface area contributed by atoms with Gasteiger partial charge in [-0.2, -0.15) is 9.78 Å². The normalized spacial score (nSPS) is 11.4. The lowest BCUT2D eigenvalue weighted by Gasteiger charge is -2.13. The summed E-state index contributed by atoms with van der Waals surface area (Å²) in [6.07, 6.45) is 1.71. The number of nitrogens with one attached hydrogen (secondary N) is 1. The second-order valence-corrected chi connectivity index (χ2v) is 7.54. The Morgan fingerprint density at radius 3 is 2.46 bits per heavy atom. The first-order chi connectivity index (χ1) is 12.3. The molecule has 0 aliphatic carbocycles. The van der Waals surface area contributed by atoms with E-state index in [1.807, 2.05) is 56.3 Å². The third kappa shape index (κ3) is 3.67. The van der Waals surface area contributed by atoms with Crippen LogP contribution in [0.4, 0.5) is 5.82 Å². The highest BCUT2D eigenvalue weighted by Crippen LogP contribution is 2.26. The predicted molar refractivity (Wildman–Crippen MR) is 104 cm³/mol. The molecule has 3 aromatic rings. The van der Waals surface area contributed by atoms with Gasteiger partial charge in [0.1, 0.15) is 5.82 Å². The van der Waals surface area contributed by atoms with E-state index in [2.05, 4.69) is 36.2 Å². The van der Waals surface area contributed by atoms with E-state index in [1.165, 1.54) is 0 Å². The van der Waals surface area contributed by atoms with Gasteiger partial charge in [0.15, 0.2) is 5.82 Å². The Hall–Kier alpha value is -2.95. The second-order valence-electron chi connectivity index (χ2n) is 7.54. The number of hydrogen-bond acceptors (Lipinski definition) is 3. The second kappa shape index (κ2) is 6.75. The summed E-state index contributed by atoms with van der Waals surface area (Å²) in [7, 11) is 0. The third-order valence-electron chi connectivity index (χ3n) is 4.21. The van der Waals surface area contributed by atoms with Crippen molar-refractivity contribution in [2.45, 2.75) is 40.0 Å². The number of aromatic nitrogens is 3. The molecule has 1 aromatic carbocycles. The Balaban J connectivity index is 2.01. The van der Waals surface area contributed by atoms with Crippen molar-refractivity contribution in [3.8, 4) is 5.82 Å².